The van der Waals surface area contributed by atoms with Gasteiger partial charge in [-0.3, -0.25) is 4.79 Å². The Labute approximate surface area is 57.0 Å². The molecule has 0 bridgehead atoms. The first-order valence-corrected chi connectivity index (χ1v) is 2.62. The third-order valence-corrected chi connectivity index (χ3v) is 0.727. The first-order valence-electron chi connectivity index (χ1n) is 2.62. The first-order chi connectivity index (χ1) is 4.79. The molecule has 0 amide bonds. The van der Waals surface area contributed by atoms with Gasteiger partial charge in [0.15, 0.2) is 0 Å². The highest BCUT2D eigenvalue weighted by Crippen LogP contribution is 1.98. The number of hydrogen-bond acceptors (Lipinski definition) is 5. The van der Waals surface area contributed by atoms with Crippen molar-refractivity contribution in [1.29, 1.82) is 0 Å². The normalized spacial score (nSPS) is 8.90. The number of hydrogen-bond donors (Lipinski definition) is 0. The predicted molar refractivity (Wildman–Crippen MR) is 31.1 cm³/mol. The summed E-state index contributed by atoms with van der Waals surface area (Å²) in [6.07, 6.45) is 1.39. The van der Waals surface area contributed by atoms with Crippen LogP contribution < -0.4 is 4.74 Å². The quantitative estimate of drug-likeness (QED) is 0.504. The SMILES string of the molecule is CC(=O)Oc1ccnnn1. The number of carbonyl (C=O) groups excluding carboxylic acids is 1. The molecule has 5 nitrogen and oxygen atoms in total. The molecule has 0 aliphatic carbocycles. The van der Waals surface area contributed by atoms with E-state index >= 15 is 0 Å². The Morgan fingerprint density at radius 1 is 1.70 bits per heavy atom. The molecule has 0 saturated heterocycles. The van der Waals surface area contributed by atoms with Crippen molar-refractivity contribution >= 4 is 5.97 Å². The van der Waals surface area contributed by atoms with Crippen LogP contribution in [0.15, 0.2) is 12.3 Å². The average molecular weight is 139 g/mol. The molecule has 0 radical (unpaired) electrons. The lowest BCUT2D eigenvalue weighted by atomic mass is 10.6. The van der Waals surface area contributed by atoms with E-state index in [1.165, 1.54) is 19.2 Å². The maximum absolute atomic E-state index is 10.3. The van der Waals surface area contributed by atoms with E-state index < -0.39 is 5.97 Å². The molecule has 0 aliphatic heterocycles. The van der Waals surface area contributed by atoms with E-state index in [1.807, 2.05) is 0 Å². The summed E-state index contributed by atoms with van der Waals surface area (Å²) < 4.78 is 4.56. The van der Waals surface area contributed by atoms with Crippen LogP contribution in [0.1, 0.15) is 6.92 Å². The van der Waals surface area contributed by atoms with Gasteiger partial charge in [-0.15, -0.1) is 5.10 Å². The number of nitrogens with zero attached hydrogens (tertiary/aromatic N) is 3. The van der Waals surface area contributed by atoms with Crippen molar-refractivity contribution in [1.82, 2.24) is 15.4 Å². The van der Waals surface area contributed by atoms with E-state index in [0.29, 0.717) is 0 Å². The molecule has 1 aromatic heterocycles. The molecule has 10 heavy (non-hydrogen) atoms. The smallest absolute Gasteiger partial charge is 0.309 e. The third-order valence-electron chi connectivity index (χ3n) is 0.727. The second-order valence-electron chi connectivity index (χ2n) is 1.55. The Balaban J connectivity index is 2.67. The van der Waals surface area contributed by atoms with Crippen LogP contribution in [0.2, 0.25) is 0 Å². The molecule has 1 rings (SSSR count). The van der Waals surface area contributed by atoms with Crippen molar-refractivity contribution in [2.24, 2.45) is 0 Å². The minimum absolute atomic E-state index is 0.169. The van der Waals surface area contributed by atoms with Gasteiger partial charge in [0, 0.05) is 13.0 Å². The minimum atomic E-state index is -0.416. The van der Waals surface area contributed by atoms with Crippen molar-refractivity contribution in [3.63, 3.8) is 0 Å². The molecule has 1 aromatic rings. The van der Waals surface area contributed by atoms with Gasteiger partial charge in [-0.1, -0.05) is 5.10 Å². The van der Waals surface area contributed by atoms with Crippen LogP contribution in [0.25, 0.3) is 0 Å². The van der Waals surface area contributed by atoms with Gasteiger partial charge in [0.05, 0.1) is 6.20 Å². The number of rotatable bonds is 1. The molecule has 52 valence electrons. The fourth-order valence-corrected chi connectivity index (χ4v) is 0.432. The van der Waals surface area contributed by atoms with Crippen LogP contribution in [0.3, 0.4) is 0 Å². The van der Waals surface area contributed by atoms with Crippen molar-refractivity contribution < 1.29 is 9.53 Å². The second kappa shape index (κ2) is 2.86. The highest BCUT2D eigenvalue weighted by Gasteiger charge is 1.96. The van der Waals surface area contributed by atoms with E-state index in [4.69, 9.17) is 0 Å². The number of ether oxygens (including phenoxy) is 1. The number of esters is 1. The average Bonchev–Trinajstić information content (AvgIpc) is 1.88. The summed E-state index contributed by atoms with van der Waals surface area (Å²) in [6.45, 7) is 1.29. The van der Waals surface area contributed by atoms with Crippen molar-refractivity contribution in [2.75, 3.05) is 0 Å². The lowest BCUT2D eigenvalue weighted by Gasteiger charge is -1.94. The molecular weight excluding hydrogens is 134 g/mol. The van der Waals surface area contributed by atoms with Gasteiger partial charge in [-0.25, -0.2) is 0 Å². The standard InChI is InChI=1S/C5H5N3O2/c1-4(9)10-5-2-3-6-8-7-5/h2-3H,1H3. The predicted octanol–water partition coefficient (Wildman–Crippen LogP) is -0.203. The molecule has 5 heteroatoms. The van der Waals surface area contributed by atoms with E-state index in [2.05, 4.69) is 20.1 Å². The van der Waals surface area contributed by atoms with E-state index in [1.54, 1.807) is 0 Å². The van der Waals surface area contributed by atoms with Gasteiger partial charge in [-0.05, 0) is 5.21 Å². The Bertz CT molecular complexity index is 224. The van der Waals surface area contributed by atoms with Gasteiger partial charge < -0.3 is 4.74 Å². The lowest BCUT2D eigenvalue weighted by Crippen LogP contribution is -2.03. The van der Waals surface area contributed by atoms with Crippen molar-refractivity contribution in [3.8, 4) is 5.88 Å². The molecule has 0 aromatic carbocycles. The van der Waals surface area contributed by atoms with Crippen LogP contribution in [0.4, 0.5) is 0 Å². The largest absolute Gasteiger partial charge is 0.406 e. The van der Waals surface area contributed by atoms with Gasteiger partial charge in [0.2, 0.25) is 5.88 Å². The second-order valence-corrected chi connectivity index (χ2v) is 1.55. The Hall–Kier alpha value is -1.52. The van der Waals surface area contributed by atoms with Crippen LogP contribution in [-0.2, 0) is 4.79 Å². The molecule has 0 unspecified atom stereocenters. The Kier molecular flexibility index (Phi) is 1.89. The fourth-order valence-electron chi connectivity index (χ4n) is 0.432. The van der Waals surface area contributed by atoms with Crippen molar-refractivity contribution in [2.45, 2.75) is 6.92 Å². The first kappa shape index (κ1) is 6.60. The maximum Gasteiger partial charge on any atom is 0.309 e. The zero-order valence-electron chi connectivity index (χ0n) is 5.31. The summed E-state index contributed by atoms with van der Waals surface area (Å²) in [5.41, 5.74) is 0. The molecule has 0 N–H and O–H groups in total. The maximum atomic E-state index is 10.3. The highest BCUT2D eigenvalue weighted by atomic mass is 16.5. The minimum Gasteiger partial charge on any atom is -0.406 e. The molecular formula is C5H5N3O2. The molecule has 0 saturated carbocycles. The van der Waals surface area contributed by atoms with Gasteiger partial charge in [0.1, 0.15) is 0 Å². The Morgan fingerprint density at radius 3 is 3.00 bits per heavy atom. The van der Waals surface area contributed by atoms with Crippen LogP contribution in [0.5, 0.6) is 5.88 Å². The molecule has 0 atom stereocenters. The number of aromatic nitrogens is 3. The van der Waals surface area contributed by atoms with Gasteiger partial charge in [-0.2, -0.15) is 0 Å². The number of carbonyl (C=O) groups is 1. The molecule has 0 fully saturated rings. The topological polar surface area (TPSA) is 65.0 Å². The van der Waals surface area contributed by atoms with Crippen LogP contribution in [-0.4, -0.2) is 21.4 Å². The van der Waals surface area contributed by atoms with Crippen LogP contribution in [0, 0.1) is 0 Å². The zero-order valence-corrected chi connectivity index (χ0v) is 5.31. The molecule has 0 spiro atoms. The van der Waals surface area contributed by atoms with E-state index in [-0.39, 0.29) is 5.88 Å². The van der Waals surface area contributed by atoms with Crippen LogP contribution >= 0.6 is 0 Å². The van der Waals surface area contributed by atoms with E-state index in [9.17, 15) is 4.79 Å². The van der Waals surface area contributed by atoms with Gasteiger partial charge >= 0.3 is 5.97 Å². The van der Waals surface area contributed by atoms with Gasteiger partial charge in [0.25, 0.3) is 0 Å². The summed E-state index contributed by atoms with van der Waals surface area (Å²) in [6, 6.07) is 1.45. The summed E-state index contributed by atoms with van der Waals surface area (Å²) in [5.74, 6) is -0.247. The summed E-state index contributed by atoms with van der Waals surface area (Å²) in [4.78, 5) is 10.3. The summed E-state index contributed by atoms with van der Waals surface area (Å²) in [5, 5.41) is 10.1. The highest BCUT2D eigenvalue weighted by molar-refractivity contribution is 5.68. The molecule has 0 aliphatic rings. The lowest BCUT2D eigenvalue weighted by molar-refractivity contribution is -0.132. The van der Waals surface area contributed by atoms with Crippen molar-refractivity contribution in [3.05, 3.63) is 12.3 Å². The Morgan fingerprint density at radius 2 is 2.50 bits per heavy atom. The summed E-state index contributed by atoms with van der Waals surface area (Å²) in [7, 11) is 0. The zero-order chi connectivity index (χ0) is 7.40. The third kappa shape index (κ3) is 1.77. The monoisotopic (exact) mass is 139 g/mol. The summed E-state index contributed by atoms with van der Waals surface area (Å²) >= 11 is 0. The molecule has 1 heterocycles. The fraction of sp³-hybridized carbons (Fsp3) is 0.200. The van der Waals surface area contributed by atoms with E-state index in [0.717, 1.165) is 0 Å².